The second-order valence-electron chi connectivity index (χ2n) is 3.21. The average Bonchev–Trinajstić information content (AvgIpc) is 2.16. The van der Waals surface area contributed by atoms with Crippen LogP contribution in [-0.2, 0) is 4.79 Å². The van der Waals surface area contributed by atoms with Crippen molar-refractivity contribution in [3.63, 3.8) is 0 Å². The molecule has 0 rings (SSSR count). The number of nitrogens with one attached hydrogen (secondary N) is 1. The Balaban J connectivity index is 3.17. The first-order chi connectivity index (χ1) is 6.68. The second kappa shape index (κ2) is 8.51. The third-order valence-electron chi connectivity index (χ3n) is 1.92. The Kier molecular flexibility index (Phi) is 7.84. The standard InChI is InChI=1S/C11H19NO2/c1-3-8-12-9-6-4-5-7-10(2)11(13)14/h3,12H,1-2,4-9H2,(H,13,14). The van der Waals surface area contributed by atoms with Crippen molar-refractivity contribution in [2.75, 3.05) is 13.1 Å². The largest absolute Gasteiger partial charge is 0.478 e. The molecule has 0 aromatic rings. The first kappa shape index (κ1) is 12.9. The summed E-state index contributed by atoms with van der Waals surface area (Å²) in [7, 11) is 0. The van der Waals surface area contributed by atoms with Crippen molar-refractivity contribution in [2.24, 2.45) is 0 Å². The van der Waals surface area contributed by atoms with Crippen molar-refractivity contribution in [2.45, 2.75) is 25.7 Å². The fourth-order valence-electron chi connectivity index (χ4n) is 1.08. The molecule has 80 valence electrons. The quantitative estimate of drug-likeness (QED) is 0.337. The van der Waals surface area contributed by atoms with Crippen LogP contribution in [-0.4, -0.2) is 24.2 Å². The zero-order valence-corrected chi connectivity index (χ0v) is 8.59. The summed E-state index contributed by atoms with van der Waals surface area (Å²) < 4.78 is 0. The molecule has 0 amide bonds. The van der Waals surface area contributed by atoms with Gasteiger partial charge < -0.3 is 10.4 Å². The third-order valence-corrected chi connectivity index (χ3v) is 1.92. The van der Waals surface area contributed by atoms with E-state index >= 15 is 0 Å². The number of unbranched alkanes of at least 4 members (excludes halogenated alkanes) is 2. The molecule has 0 fully saturated rings. The molecule has 3 nitrogen and oxygen atoms in total. The first-order valence-corrected chi connectivity index (χ1v) is 4.91. The lowest BCUT2D eigenvalue weighted by molar-refractivity contribution is -0.132. The molecule has 0 aromatic heterocycles. The summed E-state index contributed by atoms with van der Waals surface area (Å²) in [4.78, 5) is 10.4. The van der Waals surface area contributed by atoms with Crippen molar-refractivity contribution < 1.29 is 9.90 Å². The molecule has 0 bridgehead atoms. The molecule has 0 aliphatic heterocycles. The van der Waals surface area contributed by atoms with Gasteiger partial charge in [0.05, 0.1) is 0 Å². The van der Waals surface area contributed by atoms with Gasteiger partial charge in [-0.2, -0.15) is 0 Å². The normalized spacial score (nSPS) is 9.71. The fraction of sp³-hybridized carbons (Fsp3) is 0.545. The summed E-state index contributed by atoms with van der Waals surface area (Å²) >= 11 is 0. The second-order valence-corrected chi connectivity index (χ2v) is 3.21. The molecule has 0 saturated carbocycles. The highest BCUT2D eigenvalue weighted by Gasteiger charge is 2.02. The molecule has 0 unspecified atom stereocenters. The van der Waals surface area contributed by atoms with Crippen LogP contribution in [0.2, 0.25) is 0 Å². The maximum atomic E-state index is 10.4. The molecule has 0 radical (unpaired) electrons. The minimum absolute atomic E-state index is 0.309. The molecule has 0 atom stereocenters. The van der Waals surface area contributed by atoms with Gasteiger partial charge in [-0.3, -0.25) is 0 Å². The van der Waals surface area contributed by atoms with Crippen LogP contribution in [0, 0.1) is 0 Å². The van der Waals surface area contributed by atoms with E-state index in [1.165, 1.54) is 0 Å². The summed E-state index contributed by atoms with van der Waals surface area (Å²) in [6.07, 6.45) is 5.43. The molecule has 0 saturated heterocycles. The van der Waals surface area contributed by atoms with Gasteiger partial charge >= 0.3 is 5.97 Å². The summed E-state index contributed by atoms with van der Waals surface area (Å²) in [5.74, 6) is -0.880. The van der Waals surface area contributed by atoms with E-state index in [4.69, 9.17) is 5.11 Å². The van der Waals surface area contributed by atoms with Gasteiger partial charge in [-0.25, -0.2) is 4.79 Å². The SMILES string of the molecule is C=CCNCCCCCC(=C)C(=O)O. The summed E-state index contributed by atoms with van der Waals surface area (Å²) in [6, 6.07) is 0. The summed E-state index contributed by atoms with van der Waals surface area (Å²) in [5.41, 5.74) is 0.309. The number of carbonyl (C=O) groups is 1. The van der Waals surface area contributed by atoms with Crippen molar-refractivity contribution in [3.05, 3.63) is 24.8 Å². The topological polar surface area (TPSA) is 49.3 Å². The molecular weight excluding hydrogens is 178 g/mol. The monoisotopic (exact) mass is 197 g/mol. The Hall–Kier alpha value is -1.09. The molecule has 0 heterocycles. The van der Waals surface area contributed by atoms with Crippen molar-refractivity contribution in [3.8, 4) is 0 Å². The van der Waals surface area contributed by atoms with Crippen LogP contribution in [0.25, 0.3) is 0 Å². The van der Waals surface area contributed by atoms with E-state index in [1.54, 1.807) is 0 Å². The van der Waals surface area contributed by atoms with E-state index in [1.807, 2.05) is 6.08 Å². The number of carboxylic acid groups (broad SMARTS) is 1. The Morgan fingerprint density at radius 2 is 2.07 bits per heavy atom. The number of hydrogen-bond acceptors (Lipinski definition) is 2. The molecule has 3 heteroatoms. The highest BCUT2D eigenvalue weighted by atomic mass is 16.4. The number of carboxylic acids is 1. The highest BCUT2D eigenvalue weighted by molar-refractivity contribution is 5.85. The highest BCUT2D eigenvalue weighted by Crippen LogP contribution is 2.06. The third kappa shape index (κ3) is 7.55. The van der Waals surface area contributed by atoms with Gasteiger partial charge in [0.1, 0.15) is 0 Å². The smallest absolute Gasteiger partial charge is 0.330 e. The van der Waals surface area contributed by atoms with Crippen LogP contribution < -0.4 is 5.32 Å². The average molecular weight is 197 g/mol. The Morgan fingerprint density at radius 3 is 2.64 bits per heavy atom. The van der Waals surface area contributed by atoms with Crippen LogP contribution in [0.5, 0.6) is 0 Å². The summed E-state index contributed by atoms with van der Waals surface area (Å²) in [5, 5.41) is 11.7. The predicted octanol–water partition coefficient (Wildman–Crippen LogP) is 1.96. The van der Waals surface area contributed by atoms with Gasteiger partial charge in [-0.1, -0.05) is 19.1 Å². The predicted molar refractivity (Wildman–Crippen MR) is 58.3 cm³/mol. The zero-order chi connectivity index (χ0) is 10.8. The molecule has 0 spiro atoms. The van der Waals surface area contributed by atoms with Gasteiger partial charge in [0.15, 0.2) is 0 Å². The molecule has 14 heavy (non-hydrogen) atoms. The van der Waals surface area contributed by atoms with Gasteiger partial charge in [0, 0.05) is 12.1 Å². The lowest BCUT2D eigenvalue weighted by atomic mass is 10.1. The van der Waals surface area contributed by atoms with Crippen LogP contribution in [0.15, 0.2) is 24.8 Å². The van der Waals surface area contributed by atoms with Crippen LogP contribution >= 0.6 is 0 Å². The minimum Gasteiger partial charge on any atom is -0.478 e. The van der Waals surface area contributed by atoms with E-state index in [2.05, 4.69) is 18.5 Å². The molecule has 0 aliphatic rings. The lowest BCUT2D eigenvalue weighted by Crippen LogP contribution is -2.14. The van der Waals surface area contributed by atoms with Gasteiger partial charge in [-0.05, 0) is 25.8 Å². The Morgan fingerprint density at radius 1 is 1.36 bits per heavy atom. The maximum absolute atomic E-state index is 10.4. The Labute approximate surface area is 85.5 Å². The minimum atomic E-state index is -0.880. The maximum Gasteiger partial charge on any atom is 0.330 e. The zero-order valence-electron chi connectivity index (χ0n) is 8.59. The van der Waals surface area contributed by atoms with Crippen LogP contribution in [0.4, 0.5) is 0 Å². The molecule has 0 aliphatic carbocycles. The number of rotatable bonds is 9. The van der Waals surface area contributed by atoms with Crippen LogP contribution in [0.1, 0.15) is 25.7 Å². The lowest BCUT2D eigenvalue weighted by Gasteiger charge is -2.02. The number of hydrogen-bond donors (Lipinski definition) is 2. The van der Waals surface area contributed by atoms with Gasteiger partial charge in [-0.15, -0.1) is 6.58 Å². The van der Waals surface area contributed by atoms with Crippen molar-refractivity contribution >= 4 is 5.97 Å². The first-order valence-electron chi connectivity index (χ1n) is 4.91. The van der Waals surface area contributed by atoms with Crippen molar-refractivity contribution in [1.82, 2.24) is 5.32 Å². The van der Waals surface area contributed by atoms with E-state index in [-0.39, 0.29) is 0 Å². The molecule has 0 aromatic carbocycles. The van der Waals surface area contributed by atoms with E-state index in [0.717, 1.165) is 32.4 Å². The Bertz CT molecular complexity index is 199. The fourth-order valence-corrected chi connectivity index (χ4v) is 1.08. The van der Waals surface area contributed by atoms with E-state index < -0.39 is 5.97 Å². The van der Waals surface area contributed by atoms with Gasteiger partial charge in [0.25, 0.3) is 0 Å². The van der Waals surface area contributed by atoms with Gasteiger partial charge in [0.2, 0.25) is 0 Å². The number of aliphatic carboxylic acids is 1. The van der Waals surface area contributed by atoms with E-state index in [9.17, 15) is 4.79 Å². The summed E-state index contributed by atoms with van der Waals surface area (Å²) in [6.45, 7) is 8.87. The van der Waals surface area contributed by atoms with E-state index in [0.29, 0.717) is 12.0 Å². The molecule has 2 N–H and O–H groups in total. The molecular formula is C11H19NO2. The van der Waals surface area contributed by atoms with Crippen molar-refractivity contribution in [1.29, 1.82) is 0 Å². The van der Waals surface area contributed by atoms with Crippen LogP contribution in [0.3, 0.4) is 0 Å².